The second-order valence-electron chi connectivity index (χ2n) is 4.62. The third kappa shape index (κ3) is 3.38. The van der Waals surface area contributed by atoms with Crippen LogP contribution in [0, 0.1) is 18.6 Å². The highest BCUT2D eigenvalue weighted by Gasteiger charge is 2.16. The number of halogens is 2. The average molecular weight is 266 g/mol. The topological polar surface area (TPSA) is 38.1 Å². The smallest absolute Gasteiger partial charge is 0.211 e. The lowest BCUT2D eigenvalue weighted by atomic mass is 10.1. The van der Waals surface area contributed by atoms with Crippen molar-refractivity contribution >= 4 is 0 Å². The first-order valence-electron chi connectivity index (χ1n) is 6.10. The molecule has 1 N–H and O–H groups in total. The molecule has 0 radical (unpaired) electrons. The molecule has 0 fully saturated rings. The van der Waals surface area contributed by atoms with Gasteiger partial charge in [-0.2, -0.15) is 0 Å². The van der Waals surface area contributed by atoms with E-state index in [0.717, 1.165) is 11.8 Å². The molecule has 0 aliphatic heterocycles. The first-order valence-corrected chi connectivity index (χ1v) is 6.10. The first kappa shape index (κ1) is 13.7. The van der Waals surface area contributed by atoms with Crippen molar-refractivity contribution in [3.05, 3.63) is 53.2 Å². The van der Waals surface area contributed by atoms with Crippen LogP contribution in [-0.2, 0) is 0 Å². The van der Waals surface area contributed by atoms with E-state index in [4.69, 9.17) is 4.42 Å². The summed E-state index contributed by atoms with van der Waals surface area (Å²) in [5.74, 6) is 0.126. The lowest BCUT2D eigenvalue weighted by Crippen LogP contribution is -2.23. The molecular formula is C14H16F2N2O. The quantitative estimate of drug-likeness (QED) is 0.917. The molecule has 2 atom stereocenters. The predicted molar refractivity (Wildman–Crippen MR) is 67.6 cm³/mol. The Bertz CT molecular complexity index is 548. The van der Waals surface area contributed by atoms with E-state index in [9.17, 15) is 8.78 Å². The van der Waals surface area contributed by atoms with Crippen molar-refractivity contribution in [3.8, 4) is 0 Å². The summed E-state index contributed by atoms with van der Waals surface area (Å²) in [4.78, 5) is 4.12. The zero-order valence-corrected chi connectivity index (χ0v) is 11.1. The number of nitrogens with one attached hydrogen (secondary N) is 1. The molecule has 1 heterocycles. The Balaban J connectivity index is 2.10. The summed E-state index contributed by atoms with van der Waals surface area (Å²) >= 11 is 0. The van der Waals surface area contributed by atoms with E-state index in [1.54, 1.807) is 6.20 Å². The van der Waals surface area contributed by atoms with Crippen LogP contribution in [0.4, 0.5) is 8.78 Å². The zero-order chi connectivity index (χ0) is 14.0. The van der Waals surface area contributed by atoms with Gasteiger partial charge in [-0.15, -0.1) is 0 Å². The molecule has 2 rings (SSSR count). The highest BCUT2D eigenvalue weighted by molar-refractivity contribution is 5.21. The van der Waals surface area contributed by atoms with Crippen LogP contribution < -0.4 is 5.32 Å². The van der Waals surface area contributed by atoms with E-state index < -0.39 is 11.6 Å². The van der Waals surface area contributed by atoms with E-state index >= 15 is 0 Å². The number of hydrogen-bond donors (Lipinski definition) is 1. The van der Waals surface area contributed by atoms with E-state index in [-0.39, 0.29) is 12.1 Å². The van der Waals surface area contributed by atoms with Gasteiger partial charge in [-0.05, 0) is 38.5 Å². The van der Waals surface area contributed by atoms with Crippen LogP contribution in [0.15, 0.2) is 28.8 Å². The molecule has 0 saturated heterocycles. The van der Waals surface area contributed by atoms with Crippen LogP contribution in [0.5, 0.6) is 0 Å². The third-order valence-electron chi connectivity index (χ3n) is 2.89. The fraction of sp³-hybridized carbons (Fsp3) is 0.357. The molecule has 1 aromatic carbocycles. The van der Waals surface area contributed by atoms with E-state index in [1.807, 2.05) is 20.8 Å². The van der Waals surface area contributed by atoms with Crippen molar-refractivity contribution in [1.82, 2.24) is 10.3 Å². The van der Waals surface area contributed by atoms with Gasteiger partial charge in [0.1, 0.15) is 17.4 Å². The van der Waals surface area contributed by atoms with E-state index in [1.165, 1.54) is 12.1 Å². The van der Waals surface area contributed by atoms with Gasteiger partial charge < -0.3 is 4.42 Å². The summed E-state index contributed by atoms with van der Waals surface area (Å²) in [7, 11) is 0. The van der Waals surface area contributed by atoms with Crippen molar-refractivity contribution in [3.63, 3.8) is 0 Å². The van der Waals surface area contributed by atoms with Crippen molar-refractivity contribution < 1.29 is 13.2 Å². The van der Waals surface area contributed by atoms with Gasteiger partial charge in [-0.3, -0.25) is 5.32 Å². The maximum absolute atomic E-state index is 13.2. The van der Waals surface area contributed by atoms with Crippen molar-refractivity contribution in [1.29, 1.82) is 0 Å². The molecule has 0 spiro atoms. The number of nitrogens with zero attached hydrogens (tertiary/aromatic N) is 1. The Hall–Kier alpha value is -1.75. The lowest BCUT2D eigenvalue weighted by molar-refractivity contribution is 0.379. The lowest BCUT2D eigenvalue weighted by Gasteiger charge is -2.18. The average Bonchev–Trinajstić information content (AvgIpc) is 2.74. The van der Waals surface area contributed by atoms with Gasteiger partial charge in [0.25, 0.3) is 0 Å². The fourth-order valence-corrected chi connectivity index (χ4v) is 1.94. The van der Waals surface area contributed by atoms with Gasteiger partial charge in [0.15, 0.2) is 0 Å². The minimum Gasteiger partial charge on any atom is -0.444 e. The fourth-order valence-electron chi connectivity index (χ4n) is 1.94. The second kappa shape index (κ2) is 5.48. The minimum absolute atomic E-state index is 0.143. The molecule has 0 aliphatic rings. The van der Waals surface area contributed by atoms with Crippen LogP contribution in [0.2, 0.25) is 0 Å². The summed E-state index contributed by atoms with van der Waals surface area (Å²) < 4.78 is 31.7. The maximum Gasteiger partial charge on any atom is 0.211 e. The number of oxazole rings is 1. The van der Waals surface area contributed by atoms with Crippen molar-refractivity contribution in [2.45, 2.75) is 32.9 Å². The number of aryl methyl sites for hydroxylation is 1. The highest BCUT2D eigenvalue weighted by Crippen LogP contribution is 2.20. The molecule has 1 aromatic heterocycles. The molecular weight excluding hydrogens is 250 g/mol. The van der Waals surface area contributed by atoms with Gasteiger partial charge in [0.2, 0.25) is 5.89 Å². The minimum atomic E-state index is -0.580. The number of benzene rings is 1. The molecule has 2 unspecified atom stereocenters. The third-order valence-corrected chi connectivity index (χ3v) is 2.89. The van der Waals surface area contributed by atoms with Crippen LogP contribution in [0.3, 0.4) is 0 Å². The Morgan fingerprint density at radius 1 is 1.11 bits per heavy atom. The summed E-state index contributed by atoms with van der Waals surface area (Å²) in [6.45, 7) is 5.53. The van der Waals surface area contributed by atoms with E-state index in [0.29, 0.717) is 11.5 Å². The van der Waals surface area contributed by atoms with Gasteiger partial charge in [0.05, 0.1) is 12.2 Å². The number of rotatable bonds is 4. The Morgan fingerprint density at radius 3 is 2.26 bits per heavy atom. The molecule has 3 nitrogen and oxygen atoms in total. The number of aromatic nitrogens is 1. The zero-order valence-electron chi connectivity index (χ0n) is 11.1. The molecule has 0 bridgehead atoms. The maximum atomic E-state index is 13.2. The molecule has 0 amide bonds. The summed E-state index contributed by atoms with van der Waals surface area (Å²) in [6, 6.07) is 3.13. The van der Waals surface area contributed by atoms with Gasteiger partial charge in [-0.1, -0.05) is 0 Å². The second-order valence-corrected chi connectivity index (χ2v) is 4.62. The van der Waals surface area contributed by atoms with Crippen LogP contribution in [-0.4, -0.2) is 4.98 Å². The normalized spacial score (nSPS) is 14.4. The van der Waals surface area contributed by atoms with Crippen molar-refractivity contribution in [2.24, 2.45) is 0 Å². The standard InChI is InChI=1S/C14H16F2N2O/c1-8-7-17-14(19-8)10(3)18-9(2)11-4-12(15)6-13(16)5-11/h4-7,9-10,18H,1-3H3. The van der Waals surface area contributed by atoms with Crippen LogP contribution >= 0.6 is 0 Å². The molecule has 0 saturated carbocycles. The molecule has 19 heavy (non-hydrogen) atoms. The molecule has 0 aliphatic carbocycles. The van der Waals surface area contributed by atoms with Gasteiger partial charge in [-0.25, -0.2) is 13.8 Å². The summed E-state index contributed by atoms with van der Waals surface area (Å²) in [5.41, 5.74) is 0.549. The summed E-state index contributed by atoms with van der Waals surface area (Å²) in [5, 5.41) is 3.19. The van der Waals surface area contributed by atoms with Crippen molar-refractivity contribution in [2.75, 3.05) is 0 Å². The molecule has 102 valence electrons. The van der Waals surface area contributed by atoms with Crippen LogP contribution in [0.25, 0.3) is 0 Å². The predicted octanol–water partition coefficient (Wildman–Crippen LogP) is 3.67. The Labute approximate surface area is 110 Å². The molecule has 2 aromatic rings. The first-order chi connectivity index (χ1) is 8.95. The summed E-state index contributed by atoms with van der Waals surface area (Å²) in [6.07, 6.45) is 1.64. The highest BCUT2D eigenvalue weighted by atomic mass is 19.1. The van der Waals surface area contributed by atoms with Gasteiger partial charge in [0, 0.05) is 12.1 Å². The monoisotopic (exact) mass is 266 g/mol. The largest absolute Gasteiger partial charge is 0.444 e. The number of hydrogen-bond acceptors (Lipinski definition) is 3. The Kier molecular flexibility index (Phi) is 3.95. The SMILES string of the molecule is Cc1cnc(C(C)NC(C)c2cc(F)cc(F)c2)o1. The van der Waals surface area contributed by atoms with E-state index in [2.05, 4.69) is 10.3 Å². The van der Waals surface area contributed by atoms with Gasteiger partial charge >= 0.3 is 0 Å². The Morgan fingerprint density at radius 2 is 1.74 bits per heavy atom. The molecule has 5 heteroatoms. The van der Waals surface area contributed by atoms with Crippen LogP contribution in [0.1, 0.15) is 43.1 Å².